The fourth-order valence-electron chi connectivity index (χ4n) is 3.49. The number of aryl methyl sites for hydroxylation is 2. The Bertz CT molecular complexity index is 1100. The molecule has 0 radical (unpaired) electrons. The van der Waals surface area contributed by atoms with Crippen LogP contribution in [0.5, 0.6) is 0 Å². The Morgan fingerprint density at radius 1 is 1.43 bits per heavy atom. The van der Waals surface area contributed by atoms with Crippen molar-refractivity contribution < 1.29 is 4.79 Å². The molecule has 4 rings (SSSR count). The van der Waals surface area contributed by atoms with Gasteiger partial charge < -0.3 is 5.32 Å². The summed E-state index contributed by atoms with van der Waals surface area (Å²) in [5, 5.41) is 6.69. The quantitative estimate of drug-likeness (QED) is 0.483. The second-order valence-corrected chi connectivity index (χ2v) is 9.99. The molecule has 1 amide bonds. The van der Waals surface area contributed by atoms with E-state index < -0.39 is 0 Å². The van der Waals surface area contributed by atoms with Gasteiger partial charge in [0.25, 0.3) is 5.56 Å². The van der Waals surface area contributed by atoms with E-state index in [2.05, 4.69) is 17.2 Å². The van der Waals surface area contributed by atoms with E-state index in [-0.39, 0.29) is 17.2 Å². The number of amides is 1. The number of hydrogen-bond acceptors (Lipinski definition) is 7. The number of nitrogens with one attached hydrogen (secondary N) is 1. The number of fused-ring (bicyclic) bond motifs is 3. The van der Waals surface area contributed by atoms with Gasteiger partial charge in [-0.2, -0.15) is 0 Å². The number of nitrogens with zero attached hydrogens (tertiary/aromatic N) is 3. The molecule has 0 aromatic carbocycles. The van der Waals surface area contributed by atoms with Crippen LogP contribution < -0.4 is 10.9 Å². The summed E-state index contributed by atoms with van der Waals surface area (Å²) in [6.07, 6.45) is 3.11. The third kappa shape index (κ3) is 3.75. The van der Waals surface area contributed by atoms with E-state index in [1.54, 1.807) is 15.9 Å². The molecular weight excluding hydrogens is 412 g/mol. The number of hydrogen-bond donors (Lipinski definition) is 1. The van der Waals surface area contributed by atoms with E-state index in [9.17, 15) is 9.59 Å². The monoisotopic (exact) mass is 434 g/mol. The molecule has 0 spiro atoms. The van der Waals surface area contributed by atoms with Gasteiger partial charge in [0, 0.05) is 16.8 Å². The molecule has 1 N–H and O–H groups in total. The van der Waals surface area contributed by atoms with Gasteiger partial charge in [0.1, 0.15) is 4.83 Å². The molecule has 0 aliphatic heterocycles. The summed E-state index contributed by atoms with van der Waals surface area (Å²) in [5.41, 5.74) is 2.11. The van der Waals surface area contributed by atoms with Crippen molar-refractivity contribution in [2.24, 2.45) is 5.92 Å². The molecule has 3 aromatic rings. The predicted octanol–water partition coefficient (Wildman–Crippen LogP) is 4.10. The predicted molar refractivity (Wildman–Crippen MR) is 117 cm³/mol. The minimum Gasteiger partial charge on any atom is -0.301 e. The van der Waals surface area contributed by atoms with Crippen LogP contribution in [0, 0.1) is 12.8 Å². The minimum absolute atomic E-state index is 0.0259. The summed E-state index contributed by atoms with van der Waals surface area (Å²) in [5.74, 6) is 0.704. The van der Waals surface area contributed by atoms with E-state index >= 15 is 0 Å². The number of carbonyl (C=O) groups is 1. The minimum atomic E-state index is -0.143. The van der Waals surface area contributed by atoms with Crippen LogP contribution in [-0.4, -0.2) is 26.2 Å². The number of aromatic nitrogens is 3. The first kappa shape index (κ1) is 19.6. The second-order valence-electron chi connectivity index (χ2n) is 7.11. The van der Waals surface area contributed by atoms with E-state index in [1.807, 2.05) is 19.2 Å². The average molecular weight is 435 g/mol. The van der Waals surface area contributed by atoms with Crippen molar-refractivity contribution in [2.75, 3.05) is 11.1 Å². The molecule has 148 valence electrons. The van der Waals surface area contributed by atoms with Crippen LogP contribution in [0.25, 0.3) is 10.2 Å². The van der Waals surface area contributed by atoms with Crippen LogP contribution in [0.3, 0.4) is 0 Å². The van der Waals surface area contributed by atoms with Crippen molar-refractivity contribution in [3.8, 4) is 0 Å². The molecule has 0 fully saturated rings. The molecule has 0 bridgehead atoms. The molecule has 3 heterocycles. The van der Waals surface area contributed by atoms with Crippen LogP contribution >= 0.6 is 34.4 Å². The number of rotatable bonds is 5. The lowest BCUT2D eigenvalue weighted by molar-refractivity contribution is -0.113. The first-order valence-electron chi connectivity index (χ1n) is 9.36. The van der Waals surface area contributed by atoms with Gasteiger partial charge in [-0.3, -0.25) is 14.2 Å². The Morgan fingerprint density at radius 3 is 2.96 bits per heavy atom. The van der Waals surface area contributed by atoms with E-state index in [0.29, 0.717) is 22.8 Å². The van der Waals surface area contributed by atoms with Gasteiger partial charge in [0.15, 0.2) is 10.3 Å². The van der Waals surface area contributed by atoms with Crippen molar-refractivity contribution in [1.82, 2.24) is 14.5 Å². The van der Waals surface area contributed by atoms with Crippen LogP contribution in [-0.2, 0) is 24.2 Å². The lowest BCUT2D eigenvalue weighted by atomic mass is 9.89. The number of carbonyl (C=O) groups excluding carboxylic acids is 1. The smallest absolute Gasteiger partial charge is 0.263 e. The molecule has 1 aliphatic rings. The van der Waals surface area contributed by atoms with Gasteiger partial charge in [-0.1, -0.05) is 18.7 Å². The zero-order chi connectivity index (χ0) is 19.8. The largest absolute Gasteiger partial charge is 0.301 e. The zero-order valence-electron chi connectivity index (χ0n) is 16.1. The van der Waals surface area contributed by atoms with Crippen LogP contribution in [0.15, 0.2) is 15.3 Å². The molecule has 3 aromatic heterocycles. The van der Waals surface area contributed by atoms with Gasteiger partial charge in [-0.15, -0.1) is 22.7 Å². The molecule has 0 saturated carbocycles. The summed E-state index contributed by atoms with van der Waals surface area (Å²) >= 11 is 4.35. The summed E-state index contributed by atoms with van der Waals surface area (Å²) in [7, 11) is 0. The van der Waals surface area contributed by atoms with E-state index in [4.69, 9.17) is 4.98 Å². The molecule has 1 aliphatic carbocycles. The fraction of sp³-hybridized carbons (Fsp3) is 0.474. The molecule has 9 heteroatoms. The van der Waals surface area contributed by atoms with Gasteiger partial charge in [-0.25, -0.2) is 9.97 Å². The number of thioether (sulfide) groups is 1. The molecule has 0 saturated heterocycles. The summed E-state index contributed by atoms with van der Waals surface area (Å²) in [4.78, 5) is 36.5. The summed E-state index contributed by atoms with van der Waals surface area (Å²) in [6.45, 7) is 6.63. The SMILES string of the molecule is CCn1c(SCC(=O)Nc2nc(C)cs2)nc2sc3c(c2c1=O)CCC(C)C3. The number of thiophene rings is 1. The highest BCUT2D eigenvalue weighted by molar-refractivity contribution is 7.99. The molecule has 28 heavy (non-hydrogen) atoms. The molecule has 6 nitrogen and oxygen atoms in total. The Morgan fingerprint density at radius 2 is 2.25 bits per heavy atom. The van der Waals surface area contributed by atoms with Gasteiger partial charge in [0.05, 0.1) is 16.8 Å². The fourth-order valence-corrected chi connectivity index (χ4v) is 6.48. The van der Waals surface area contributed by atoms with E-state index in [1.165, 1.54) is 33.5 Å². The highest BCUT2D eigenvalue weighted by Gasteiger charge is 2.24. The first-order valence-corrected chi connectivity index (χ1v) is 12.0. The summed E-state index contributed by atoms with van der Waals surface area (Å²) in [6, 6.07) is 0. The van der Waals surface area contributed by atoms with Gasteiger partial charge in [0.2, 0.25) is 5.91 Å². The Kier molecular flexibility index (Phi) is 5.57. The maximum absolute atomic E-state index is 13.1. The molecular formula is C19H22N4O2S3. The van der Waals surface area contributed by atoms with Crippen molar-refractivity contribution in [2.45, 2.75) is 51.7 Å². The highest BCUT2D eigenvalue weighted by Crippen LogP contribution is 2.36. The zero-order valence-corrected chi connectivity index (χ0v) is 18.5. The molecule has 1 unspecified atom stereocenters. The topological polar surface area (TPSA) is 76.9 Å². The van der Waals surface area contributed by atoms with Gasteiger partial charge in [-0.05, 0) is 44.6 Å². The van der Waals surface area contributed by atoms with Crippen LogP contribution in [0.1, 0.15) is 36.4 Å². The standard InChI is InChI=1S/C19H22N4O2S3/c1-4-23-17(25)15-12-6-5-10(2)7-13(12)28-16(15)22-19(23)27-9-14(24)21-18-20-11(3)8-26-18/h8,10H,4-7,9H2,1-3H3,(H,20,21,24). The van der Waals surface area contributed by atoms with Crippen molar-refractivity contribution in [3.05, 3.63) is 31.9 Å². The van der Waals surface area contributed by atoms with Crippen molar-refractivity contribution in [1.29, 1.82) is 0 Å². The lowest BCUT2D eigenvalue weighted by Crippen LogP contribution is -2.24. The first-order chi connectivity index (χ1) is 13.5. The maximum atomic E-state index is 13.1. The number of thiazole rings is 1. The Balaban J connectivity index is 1.60. The Labute approximate surface area is 175 Å². The molecule has 1 atom stereocenters. The third-order valence-corrected chi connectivity index (χ3v) is 7.89. The normalized spacial score (nSPS) is 16.3. The third-order valence-electron chi connectivity index (χ3n) is 4.89. The Hall–Kier alpha value is -1.71. The van der Waals surface area contributed by atoms with Crippen molar-refractivity contribution >= 4 is 55.7 Å². The maximum Gasteiger partial charge on any atom is 0.263 e. The van der Waals surface area contributed by atoms with Crippen LogP contribution in [0.4, 0.5) is 5.13 Å². The summed E-state index contributed by atoms with van der Waals surface area (Å²) < 4.78 is 1.69. The van der Waals surface area contributed by atoms with Crippen LogP contribution in [0.2, 0.25) is 0 Å². The lowest BCUT2D eigenvalue weighted by Gasteiger charge is -2.17. The highest BCUT2D eigenvalue weighted by atomic mass is 32.2. The second kappa shape index (κ2) is 7.96. The van der Waals surface area contributed by atoms with Gasteiger partial charge >= 0.3 is 0 Å². The van der Waals surface area contributed by atoms with E-state index in [0.717, 1.165) is 35.2 Å². The number of anilines is 1. The van der Waals surface area contributed by atoms with Crippen molar-refractivity contribution in [3.63, 3.8) is 0 Å². The average Bonchev–Trinajstić information content (AvgIpc) is 3.22.